The van der Waals surface area contributed by atoms with E-state index < -0.39 is 10.0 Å². The number of unbranched alkanes of at least 4 members (excludes halogenated alkanes) is 1. The van der Waals surface area contributed by atoms with Gasteiger partial charge < -0.3 is 0 Å². The summed E-state index contributed by atoms with van der Waals surface area (Å²) in [7, 11) is -3.61. The van der Waals surface area contributed by atoms with Crippen molar-refractivity contribution in [3.8, 4) is 6.07 Å². The van der Waals surface area contributed by atoms with E-state index >= 15 is 0 Å². The molecule has 0 aliphatic carbocycles. The molecule has 1 aromatic carbocycles. The van der Waals surface area contributed by atoms with Crippen LogP contribution >= 0.6 is 23.2 Å². The molecule has 0 fully saturated rings. The Bertz CT molecular complexity index is 517. The van der Waals surface area contributed by atoms with Gasteiger partial charge in [0.25, 0.3) is 0 Å². The summed E-state index contributed by atoms with van der Waals surface area (Å²) in [5, 5.41) is 8.84. The minimum atomic E-state index is -3.61. The highest BCUT2D eigenvalue weighted by atomic mass is 35.5. The lowest BCUT2D eigenvalue weighted by atomic mass is 10.3. The van der Waals surface area contributed by atoms with Crippen LogP contribution < -0.4 is 4.72 Å². The molecule has 0 unspecified atom stereocenters. The van der Waals surface area contributed by atoms with Gasteiger partial charge >= 0.3 is 0 Å². The van der Waals surface area contributed by atoms with Crippen molar-refractivity contribution in [1.82, 2.24) is 4.72 Å². The summed E-state index contributed by atoms with van der Waals surface area (Å²) in [6, 6.07) is 6.03. The van der Waals surface area contributed by atoms with E-state index in [0.29, 0.717) is 12.8 Å². The molecule has 17 heavy (non-hydrogen) atoms. The Balaban J connectivity index is 2.79. The number of rotatable bonds is 5. The molecule has 0 saturated carbocycles. The van der Waals surface area contributed by atoms with Crippen LogP contribution in [0.5, 0.6) is 0 Å². The highest BCUT2D eigenvalue weighted by molar-refractivity contribution is 7.89. The molecule has 4 nitrogen and oxygen atoms in total. The van der Waals surface area contributed by atoms with Crippen molar-refractivity contribution in [1.29, 1.82) is 5.26 Å². The number of hydrogen-bond acceptors (Lipinski definition) is 3. The summed E-state index contributed by atoms with van der Waals surface area (Å²) >= 11 is 11.4. The molecule has 0 heterocycles. The predicted molar refractivity (Wildman–Crippen MR) is 66.5 cm³/mol. The quantitative estimate of drug-likeness (QED) is 0.848. The van der Waals surface area contributed by atoms with Gasteiger partial charge in [-0.15, -0.1) is 0 Å². The average molecular weight is 293 g/mol. The largest absolute Gasteiger partial charge is 0.240 e. The van der Waals surface area contributed by atoms with E-state index in [-0.39, 0.29) is 21.5 Å². The summed E-state index contributed by atoms with van der Waals surface area (Å²) in [4.78, 5) is 0.0203. The van der Waals surface area contributed by atoms with E-state index in [1.54, 1.807) is 0 Å². The minimum absolute atomic E-state index is 0.0203. The van der Waals surface area contributed by atoms with Crippen molar-refractivity contribution >= 4 is 33.2 Å². The maximum atomic E-state index is 11.8. The fourth-order valence-corrected chi connectivity index (χ4v) is 2.94. The van der Waals surface area contributed by atoms with Gasteiger partial charge in [-0.25, -0.2) is 13.1 Å². The first-order valence-corrected chi connectivity index (χ1v) is 7.02. The summed E-state index contributed by atoms with van der Waals surface area (Å²) in [5.41, 5.74) is 0. The molecule has 1 N–H and O–H groups in total. The molecule has 0 saturated heterocycles. The first kappa shape index (κ1) is 14.3. The third-order valence-electron chi connectivity index (χ3n) is 1.90. The summed E-state index contributed by atoms with van der Waals surface area (Å²) in [6.07, 6.45) is 0.767. The van der Waals surface area contributed by atoms with Crippen molar-refractivity contribution in [2.75, 3.05) is 6.54 Å². The van der Waals surface area contributed by atoms with Gasteiger partial charge in [-0.1, -0.05) is 23.2 Å². The van der Waals surface area contributed by atoms with Crippen molar-refractivity contribution in [3.63, 3.8) is 0 Å². The highest BCUT2D eigenvalue weighted by Gasteiger charge is 2.14. The van der Waals surface area contributed by atoms with Gasteiger partial charge in [0.2, 0.25) is 10.0 Å². The predicted octanol–water partition coefficient (Wildman–Crippen LogP) is 2.58. The molecule has 0 bridgehead atoms. The van der Waals surface area contributed by atoms with Crippen LogP contribution in [-0.4, -0.2) is 15.0 Å². The lowest BCUT2D eigenvalue weighted by Gasteiger charge is -2.06. The second-order valence-corrected chi connectivity index (χ2v) is 5.90. The maximum Gasteiger partial charge on any atom is 0.240 e. The van der Waals surface area contributed by atoms with Crippen LogP contribution in [0.1, 0.15) is 12.8 Å². The first-order valence-electron chi connectivity index (χ1n) is 4.78. The third kappa shape index (κ3) is 4.52. The topological polar surface area (TPSA) is 70.0 Å². The number of halogens is 2. The molecular weight excluding hydrogens is 283 g/mol. The van der Waals surface area contributed by atoms with E-state index in [1.807, 2.05) is 6.07 Å². The zero-order chi connectivity index (χ0) is 12.9. The minimum Gasteiger partial charge on any atom is -0.211 e. The molecule has 0 aromatic heterocycles. The Morgan fingerprint density at radius 1 is 1.24 bits per heavy atom. The molecular formula is C10H10Cl2N2O2S. The third-order valence-corrected chi connectivity index (χ3v) is 3.78. The van der Waals surface area contributed by atoms with Gasteiger partial charge in [0.15, 0.2) is 0 Å². The second kappa shape index (κ2) is 6.22. The molecule has 92 valence electrons. The smallest absolute Gasteiger partial charge is 0.211 e. The number of hydrogen-bond donors (Lipinski definition) is 1. The molecule has 7 heteroatoms. The van der Waals surface area contributed by atoms with Crippen LogP contribution in [0, 0.1) is 11.3 Å². The summed E-state index contributed by atoms with van der Waals surface area (Å²) < 4.78 is 25.9. The van der Waals surface area contributed by atoms with Gasteiger partial charge in [-0.2, -0.15) is 5.26 Å². The Morgan fingerprint density at radius 3 is 2.35 bits per heavy atom. The van der Waals surface area contributed by atoms with Gasteiger partial charge in [-0.05, 0) is 24.6 Å². The van der Waals surface area contributed by atoms with Crippen molar-refractivity contribution < 1.29 is 8.42 Å². The van der Waals surface area contributed by atoms with Gasteiger partial charge in [0.05, 0.1) is 11.0 Å². The van der Waals surface area contributed by atoms with Gasteiger partial charge in [0.1, 0.15) is 0 Å². The standard InChI is InChI=1S/C10H10Cl2N2O2S/c11-8-5-9(12)7-10(6-8)17(15,16)14-4-2-1-3-13/h5-7,14H,1-2,4H2. The zero-order valence-electron chi connectivity index (χ0n) is 8.78. The SMILES string of the molecule is N#CCCCNS(=O)(=O)c1cc(Cl)cc(Cl)c1. The number of benzene rings is 1. The molecule has 0 amide bonds. The normalized spacial score (nSPS) is 11.1. The Morgan fingerprint density at radius 2 is 1.82 bits per heavy atom. The number of sulfonamides is 1. The molecule has 1 aromatic rings. The fraction of sp³-hybridized carbons (Fsp3) is 0.300. The van der Waals surface area contributed by atoms with Crippen molar-refractivity contribution in [2.45, 2.75) is 17.7 Å². The molecule has 1 rings (SSSR count). The lowest BCUT2D eigenvalue weighted by Crippen LogP contribution is -2.24. The fourth-order valence-electron chi connectivity index (χ4n) is 1.14. The van der Waals surface area contributed by atoms with Crippen molar-refractivity contribution in [3.05, 3.63) is 28.2 Å². The van der Waals surface area contributed by atoms with E-state index in [9.17, 15) is 8.42 Å². The summed E-state index contributed by atoms with van der Waals surface area (Å²) in [6.45, 7) is 0.208. The number of nitrogens with zero attached hydrogens (tertiary/aromatic N) is 1. The Hall–Kier alpha value is -0.800. The number of nitriles is 1. The number of nitrogens with one attached hydrogen (secondary N) is 1. The van der Waals surface area contributed by atoms with E-state index in [4.69, 9.17) is 28.5 Å². The van der Waals surface area contributed by atoms with Crippen LogP contribution in [0.3, 0.4) is 0 Å². The second-order valence-electron chi connectivity index (χ2n) is 3.26. The van der Waals surface area contributed by atoms with Crippen LogP contribution in [0.15, 0.2) is 23.1 Å². The summed E-state index contributed by atoms with van der Waals surface area (Å²) in [5.74, 6) is 0. The molecule has 0 aliphatic heterocycles. The Kier molecular flexibility index (Phi) is 5.22. The van der Waals surface area contributed by atoms with Crippen LogP contribution in [-0.2, 0) is 10.0 Å². The van der Waals surface area contributed by atoms with E-state index in [1.165, 1.54) is 18.2 Å². The molecule has 0 aliphatic rings. The zero-order valence-corrected chi connectivity index (χ0v) is 11.1. The monoisotopic (exact) mass is 292 g/mol. The van der Waals surface area contributed by atoms with Gasteiger partial charge in [-0.3, -0.25) is 0 Å². The molecule has 0 radical (unpaired) electrons. The maximum absolute atomic E-state index is 11.8. The van der Waals surface area contributed by atoms with Crippen LogP contribution in [0.2, 0.25) is 10.0 Å². The lowest BCUT2D eigenvalue weighted by molar-refractivity contribution is 0.579. The van der Waals surface area contributed by atoms with E-state index in [2.05, 4.69) is 4.72 Å². The Labute approximate surface area is 110 Å². The van der Waals surface area contributed by atoms with Gasteiger partial charge in [0, 0.05) is 23.0 Å². The highest BCUT2D eigenvalue weighted by Crippen LogP contribution is 2.22. The van der Waals surface area contributed by atoms with Crippen molar-refractivity contribution in [2.24, 2.45) is 0 Å². The average Bonchev–Trinajstić information content (AvgIpc) is 2.23. The first-order chi connectivity index (χ1) is 7.95. The van der Waals surface area contributed by atoms with Crippen LogP contribution in [0.4, 0.5) is 0 Å². The molecule has 0 spiro atoms. The van der Waals surface area contributed by atoms with Crippen LogP contribution in [0.25, 0.3) is 0 Å². The molecule has 0 atom stereocenters. The van der Waals surface area contributed by atoms with E-state index in [0.717, 1.165) is 0 Å².